The zero-order chi connectivity index (χ0) is 13.0. The molecule has 3 heteroatoms. The van der Waals surface area contributed by atoms with Crippen molar-refractivity contribution >= 4 is 0 Å². The molecular weight excluding hydrogens is 222 g/mol. The molecule has 3 nitrogen and oxygen atoms in total. The van der Waals surface area contributed by atoms with Crippen LogP contribution in [0.3, 0.4) is 0 Å². The van der Waals surface area contributed by atoms with E-state index in [0.717, 1.165) is 32.7 Å². The summed E-state index contributed by atoms with van der Waals surface area (Å²) in [4.78, 5) is 2.39. The fraction of sp³-hybridized carbons (Fsp3) is 0.600. The van der Waals surface area contributed by atoms with Gasteiger partial charge in [-0.1, -0.05) is 23.8 Å². The Labute approximate surface area is 111 Å². The number of hydrogen-bond acceptors (Lipinski definition) is 3. The summed E-state index contributed by atoms with van der Waals surface area (Å²) < 4.78 is 0. The number of piperazine rings is 1. The standard InChI is InChI=1S/C15H25N3/c1-12-4-5-13(2)14(8-12)9-16-10-15-11-18(3)7-6-17-15/h4-5,8,15-17H,6-7,9-11H2,1-3H3. The summed E-state index contributed by atoms with van der Waals surface area (Å²) >= 11 is 0. The van der Waals surface area contributed by atoms with Gasteiger partial charge >= 0.3 is 0 Å². The molecule has 1 aliphatic rings. The van der Waals surface area contributed by atoms with E-state index in [4.69, 9.17) is 0 Å². The Balaban J connectivity index is 1.79. The highest BCUT2D eigenvalue weighted by atomic mass is 15.2. The van der Waals surface area contributed by atoms with E-state index in [1.807, 2.05) is 0 Å². The van der Waals surface area contributed by atoms with E-state index < -0.39 is 0 Å². The maximum absolute atomic E-state index is 3.57. The van der Waals surface area contributed by atoms with Gasteiger partial charge in [-0.25, -0.2) is 0 Å². The monoisotopic (exact) mass is 247 g/mol. The molecule has 18 heavy (non-hydrogen) atoms. The molecule has 1 heterocycles. The summed E-state index contributed by atoms with van der Waals surface area (Å²) in [6.45, 7) is 9.75. The lowest BCUT2D eigenvalue weighted by Crippen LogP contribution is -2.53. The van der Waals surface area contributed by atoms with Gasteiger partial charge in [-0.2, -0.15) is 0 Å². The van der Waals surface area contributed by atoms with Crippen molar-refractivity contribution in [1.82, 2.24) is 15.5 Å². The second-order valence-electron chi connectivity index (χ2n) is 5.47. The SMILES string of the molecule is Cc1ccc(C)c(CNCC2CN(C)CCN2)c1. The first-order chi connectivity index (χ1) is 8.65. The second kappa shape index (κ2) is 6.32. The molecule has 100 valence electrons. The van der Waals surface area contributed by atoms with Crippen molar-refractivity contribution in [2.75, 3.05) is 33.2 Å². The number of nitrogens with one attached hydrogen (secondary N) is 2. The van der Waals surface area contributed by atoms with Gasteiger partial charge in [0.2, 0.25) is 0 Å². The van der Waals surface area contributed by atoms with Gasteiger partial charge in [0, 0.05) is 38.8 Å². The Bertz CT molecular complexity index is 389. The molecule has 0 spiro atoms. The lowest BCUT2D eigenvalue weighted by Gasteiger charge is -2.31. The van der Waals surface area contributed by atoms with Crippen molar-refractivity contribution in [3.63, 3.8) is 0 Å². The van der Waals surface area contributed by atoms with Crippen molar-refractivity contribution in [1.29, 1.82) is 0 Å². The van der Waals surface area contributed by atoms with Crippen molar-refractivity contribution in [2.45, 2.75) is 26.4 Å². The minimum absolute atomic E-state index is 0.578. The van der Waals surface area contributed by atoms with Crippen LogP contribution in [0.2, 0.25) is 0 Å². The number of likely N-dealkylation sites (N-methyl/N-ethyl adjacent to an activating group) is 1. The fourth-order valence-electron chi connectivity index (χ4n) is 2.50. The van der Waals surface area contributed by atoms with E-state index in [-0.39, 0.29) is 0 Å². The van der Waals surface area contributed by atoms with Crippen LogP contribution in [0, 0.1) is 13.8 Å². The van der Waals surface area contributed by atoms with Crippen LogP contribution in [-0.4, -0.2) is 44.2 Å². The largest absolute Gasteiger partial charge is 0.311 e. The molecule has 2 rings (SSSR count). The first-order valence-electron chi connectivity index (χ1n) is 6.84. The third-order valence-electron chi connectivity index (χ3n) is 3.67. The zero-order valence-electron chi connectivity index (χ0n) is 11.8. The van der Waals surface area contributed by atoms with Crippen LogP contribution in [0.1, 0.15) is 16.7 Å². The van der Waals surface area contributed by atoms with Crippen LogP contribution in [0.25, 0.3) is 0 Å². The third kappa shape index (κ3) is 3.80. The predicted molar refractivity (Wildman–Crippen MR) is 76.9 cm³/mol. The van der Waals surface area contributed by atoms with E-state index in [2.05, 4.69) is 54.6 Å². The minimum atomic E-state index is 0.578. The Morgan fingerprint density at radius 3 is 3.00 bits per heavy atom. The van der Waals surface area contributed by atoms with Crippen LogP contribution in [0.4, 0.5) is 0 Å². The molecule has 1 unspecified atom stereocenters. The topological polar surface area (TPSA) is 27.3 Å². The Morgan fingerprint density at radius 2 is 2.22 bits per heavy atom. The summed E-state index contributed by atoms with van der Waals surface area (Å²) in [5.41, 5.74) is 4.13. The highest BCUT2D eigenvalue weighted by Crippen LogP contribution is 2.10. The number of aryl methyl sites for hydroxylation is 2. The predicted octanol–water partition coefficient (Wildman–Crippen LogP) is 1.30. The van der Waals surface area contributed by atoms with Crippen LogP contribution >= 0.6 is 0 Å². The normalized spacial score (nSPS) is 21.2. The lowest BCUT2D eigenvalue weighted by molar-refractivity contribution is 0.235. The summed E-state index contributed by atoms with van der Waals surface area (Å²) in [6, 6.07) is 7.24. The fourth-order valence-corrected chi connectivity index (χ4v) is 2.50. The molecule has 1 atom stereocenters. The molecule has 1 aromatic rings. The molecule has 2 N–H and O–H groups in total. The van der Waals surface area contributed by atoms with Gasteiger partial charge in [0.25, 0.3) is 0 Å². The number of benzene rings is 1. The van der Waals surface area contributed by atoms with E-state index in [1.165, 1.54) is 16.7 Å². The molecule has 0 bridgehead atoms. The molecular formula is C15H25N3. The average molecular weight is 247 g/mol. The van der Waals surface area contributed by atoms with Crippen LogP contribution < -0.4 is 10.6 Å². The van der Waals surface area contributed by atoms with E-state index in [1.54, 1.807) is 0 Å². The Morgan fingerprint density at radius 1 is 1.39 bits per heavy atom. The molecule has 0 aromatic heterocycles. The molecule has 1 fully saturated rings. The Kier molecular flexibility index (Phi) is 4.75. The van der Waals surface area contributed by atoms with Gasteiger partial charge in [-0.3, -0.25) is 0 Å². The first-order valence-corrected chi connectivity index (χ1v) is 6.84. The van der Waals surface area contributed by atoms with Gasteiger partial charge in [0.15, 0.2) is 0 Å². The second-order valence-corrected chi connectivity index (χ2v) is 5.47. The van der Waals surface area contributed by atoms with Crippen LogP contribution in [-0.2, 0) is 6.54 Å². The summed E-state index contributed by atoms with van der Waals surface area (Å²) in [5.74, 6) is 0. The van der Waals surface area contributed by atoms with Gasteiger partial charge < -0.3 is 15.5 Å². The number of rotatable bonds is 4. The molecule has 1 aromatic carbocycles. The van der Waals surface area contributed by atoms with Gasteiger partial charge in [-0.15, -0.1) is 0 Å². The van der Waals surface area contributed by atoms with E-state index in [9.17, 15) is 0 Å². The summed E-state index contributed by atoms with van der Waals surface area (Å²) in [5, 5.41) is 7.13. The maximum Gasteiger partial charge on any atom is 0.0320 e. The van der Waals surface area contributed by atoms with E-state index in [0.29, 0.717) is 6.04 Å². The molecule has 0 amide bonds. The van der Waals surface area contributed by atoms with Gasteiger partial charge in [0.1, 0.15) is 0 Å². The van der Waals surface area contributed by atoms with Crippen molar-refractivity contribution in [2.24, 2.45) is 0 Å². The molecule has 0 radical (unpaired) electrons. The maximum atomic E-state index is 3.57. The van der Waals surface area contributed by atoms with Crippen LogP contribution in [0.15, 0.2) is 18.2 Å². The first kappa shape index (κ1) is 13.5. The van der Waals surface area contributed by atoms with E-state index >= 15 is 0 Å². The quantitative estimate of drug-likeness (QED) is 0.840. The molecule has 0 saturated carbocycles. The summed E-state index contributed by atoms with van der Waals surface area (Å²) in [6.07, 6.45) is 0. The summed E-state index contributed by atoms with van der Waals surface area (Å²) in [7, 11) is 2.19. The van der Waals surface area contributed by atoms with Crippen molar-refractivity contribution in [3.8, 4) is 0 Å². The highest BCUT2D eigenvalue weighted by Gasteiger charge is 2.15. The van der Waals surface area contributed by atoms with Crippen LogP contribution in [0.5, 0.6) is 0 Å². The number of hydrogen-bond donors (Lipinski definition) is 2. The van der Waals surface area contributed by atoms with Crippen molar-refractivity contribution < 1.29 is 0 Å². The smallest absolute Gasteiger partial charge is 0.0320 e. The van der Waals surface area contributed by atoms with Crippen molar-refractivity contribution in [3.05, 3.63) is 34.9 Å². The lowest BCUT2D eigenvalue weighted by atomic mass is 10.1. The molecule has 1 saturated heterocycles. The number of nitrogens with zero attached hydrogens (tertiary/aromatic N) is 1. The third-order valence-corrected chi connectivity index (χ3v) is 3.67. The zero-order valence-corrected chi connectivity index (χ0v) is 11.8. The highest BCUT2D eigenvalue weighted by molar-refractivity contribution is 5.30. The van der Waals surface area contributed by atoms with Gasteiger partial charge in [0.05, 0.1) is 0 Å². The minimum Gasteiger partial charge on any atom is -0.311 e. The molecule has 1 aliphatic heterocycles. The Hall–Kier alpha value is -0.900. The van der Waals surface area contributed by atoms with Gasteiger partial charge in [-0.05, 0) is 32.0 Å². The average Bonchev–Trinajstić information content (AvgIpc) is 2.34. The molecule has 0 aliphatic carbocycles.